The number of hydrogen-bond donors (Lipinski definition) is 6. The van der Waals surface area contributed by atoms with Crippen LogP contribution in [0.15, 0.2) is 59.6 Å². The zero-order chi connectivity index (χ0) is 24.2. The molecule has 0 spiro atoms. The van der Waals surface area contributed by atoms with Crippen molar-refractivity contribution >= 4 is 35.3 Å². The molecule has 0 aromatic heterocycles. The van der Waals surface area contributed by atoms with Crippen LogP contribution in [-0.2, 0) is 20.8 Å². The first-order valence-corrected chi connectivity index (χ1v) is 10.1. The number of benzene rings is 2. The van der Waals surface area contributed by atoms with E-state index in [1.54, 1.807) is 12.1 Å². The van der Waals surface area contributed by atoms with E-state index < -0.39 is 42.7 Å². The smallest absolute Gasteiger partial charge is 0.305 e. The summed E-state index contributed by atoms with van der Waals surface area (Å²) >= 11 is 0. The molecule has 2 aromatic rings. The minimum atomic E-state index is -1.28. The molecule has 0 saturated heterocycles. The molecule has 0 radical (unpaired) electrons. The molecule has 3 amide bonds. The lowest BCUT2D eigenvalue weighted by atomic mass is 10.1. The highest BCUT2D eigenvalue weighted by Gasteiger charge is 2.23. The van der Waals surface area contributed by atoms with Crippen molar-refractivity contribution in [1.82, 2.24) is 16.0 Å². The Kier molecular flexibility index (Phi) is 9.37. The van der Waals surface area contributed by atoms with Crippen LogP contribution in [0.25, 0.3) is 0 Å². The van der Waals surface area contributed by atoms with Crippen molar-refractivity contribution in [2.24, 2.45) is 16.5 Å². The maximum atomic E-state index is 12.4. The highest BCUT2D eigenvalue weighted by molar-refractivity contribution is 5.98. The number of carboxylic acids is 1. The van der Waals surface area contributed by atoms with Gasteiger partial charge in [0.05, 0.1) is 18.7 Å². The summed E-state index contributed by atoms with van der Waals surface area (Å²) in [6.45, 7) is -0.184. The predicted octanol–water partition coefficient (Wildman–Crippen LogP) is -0.360. The fraction of sp³-hybridized carbons (Fsp3) is 0.227. The van der Waals surface area contributed by atoms with E-state index in [4.69, 9.17) is 16.6 Å². The third-order valence-corrected chi connectivity index (χ3v) is 4.36. The fourth-order valence-corrected chi connectivity index (χ4v) is 2.86. The lowest BCUT2D eigenvalue weighted by Gasteiger charge is -2.17. The highest BCUT2D eigenvalue weighted by atomic mass is 16.4. The number of carbonyl (C=O) groups excluding carboxylic acids is 3. The largest absolute Gasteiger partial charge is 0.481 e. The van der Waals surface area contributed by atoms with E-state index in [0.717, 1.165) is 5.56 Å². The first-order chi connectivity index (χ1) is 15.7. The SMILES string of the molecule is NC(N)=Nc1cccc(C(=O)NCC(=O)N[C@@H](CC(=O)O)C(=O)NCCc2ccccc2)c1. The minimum absolute atomic E-state index is 0.168. The molecule has 33 heavy (non-hydrogen) atoms. The summed E-state index contributed by atoms with van der Waals surface area (Å²) < 4.78 is 0. The lowest BCUT2D eigenvalue weighted by molar-refractivity contribution is -0.140. The van der Waals surface area contributed by atoms with Crippen molar-refractivity contribution in [2.45, 2.75) is 18.9 Å². The van der Waals surface area contributed by atoms with Crippen molar-refractivity contribution in [3.63, 3.8) is 0 Å². The van der Waals surface area contributed by atoms with Crippen LogP contribution in [0.3, 0.4) is 0 Å². The van der Waals surface area contributed by atoms with Gasteiger partial charge in [-0.15, -0.1) is 0 Å². The zero-order valence-electron chi connectivity index (χ0n) is 17.8. The molecule has 1 atom stereocenters. The number of aliphatic imine (C=N–C) groups is 1. The van der Waals surface area contributed by atoms with Gasteiger partial charge in [0.1, 0.15) is 6.04 Å². The molecule has 0 heterocycles. The van der Waals surface area contributed by atoms with Crippen molar-refractivity contribution in [1.29, 1.82) is 0 Å². The number of amides is 3. The van der Waals surface area contributed by atoms with Gasteiger partial charge in [-0.3, -0.25) is 19.2 Å². The molecule has 8 N–H and O–H groups in total. The van der Waals surface area contributed by atoms with Crippen molar-refractivity contribution < 1.29 is 24.3 Å². The normalized spacial score (nSPS) is 11.0. The van der Waals surface area contributed by atoms with Gasteiger partial charge in [-0.1, -0.05) is 36.4 Å². The van der Waals surface area contributed by atoms with E-state index in [1.807, 2.05) is 30.3 Å². The van der Waals surface area contributed by atoms with Gasteiger partial charge in [0, 0.05) is 12.1 Å². The topological polar surface area (TPSA) is 189 Å². The number of hydrogen-bond acceptors (Lipinski definition) is 5. The third-order valence-electron chi connectivity index (χ3n) is 4.36. The number of carboxylic acid groups (broad SMARTS) is 1. The van der Waals surface area contributed by atoms with Crippen LogP contribution < -0.4 is 27.4 Å². The van der Waals surface area contributed by atoms with Gasteiger partial charge in [0.2, 0.25) is 11.8 Å². The molecule has 2 aromatic carbocycles. The Bertz CT molecular complexity index is 1020. The molecule has 0 aliphatic rings. The molecular weight excluding hydrogens is 428 g/mol. The highest BCUT2D eigenvalue weighted by Crippen LogP contribution is 2.13. The molecule has 11 heteroatoms. The first-order valence-electron chi connectivity index (χ1n) is 10.1. The Hall–Kier alpha value is -4.41. The summed E-state index contributed by atoms with van der Waals surface area (Å²) in [5.74, 6) is -3.33. The summed E-state index contributed by atoms with van der Waals surface area (Å²) in [5, 5.41) is 16.4. The number of carbonyl (C=O) groups is 4. The van der Waals surface area contributed by atoms with Crippen LogP contribution in [-0.4, -0.2) is 53.9 Å². The number of rotatable bonds is 11. The number of aliphatic carboxylic acids is 1. The van der Waals surface area contributed by atoms with Gasteiger partial charge in [-0.2, -0.15) is 0 Å². The van der Waals surface area contributed by atoms with E-state index in [1.165, 1.54) is 12.1 Å². The Morgan fingerprint density at radius 3 is 2.36 bits per heavy atom. The molecule has 2 rings (SSSR count). The number of nitrogens with two attached hydrogens (primary N) is 2. The van der Waals surface area contributed by atoms with Crippen molar-refractivity contribution in [3.05, 3.63) is 65.7 Å². The van der Waals surface area contributed by atoms with Crippen LogP contribution >= 0.6 is 0 Å². The standard InChI is InChI=1S/C22H26N6O5/c23-22(24)27-16-8-4-7-15(11-16)20(32)26-13-18(29)28-17(12-19(30)31)21(33)25-10-9-14-5-2-1-3-6-14/h1-8,11,17H,9-10,12-13H2,(H,25,33)(H,26,32)(H,28,29)(H,30,31)(H4,23,24,27)/t17-/m0/s1. The number of nitrogens with one attached hydrogen (secondary N) is 3. The molecule has 0 aliphatic heterocycles. The van der Waals surface area contributed by atoms with Crippen LogP contribution in [0.2, 0.25) is 0 Å². The number of nitrogens with zero attached hydrogens (tertiary/aromatic N) is 1. The fourth-order valence-electron chi connectivity index (χ4n) is 2.86. The Labute approximate surface area is 190 Å². The molecule has 11 nitrogen and oxygen atoms in total. The van der Waals surface area contributed by atoms with E-state index in [-0.39, 0.29) is 18.1 Å². The van der Waals surface area contributed by atoms with E-state index in [0.29, 0.717) is 12.1 Å². The van der Waals surface area contributed by atoms with Crippen LogP contribution in [0, 0.1) is 0 Å². The van der Waals surface area contributed by atoms with Gasteiger partial charge in [0.25, 0.3) is 5.91 Å². The predicted molar refractivity (Wildman–Crippen MR) is 122 cm³/mol. The van der Waals surface area contributed by atoms with Crippen molar-refractivity contribution in [2.75, 3.05) is 13.1 Å². The average Bonchev–Trinajstić information content (AvgIpc) is 2.77. The maximum absolute atomic E-state index is 12.4. The Balaban J connectivity index is 1.88. The van der Waals surface area contributed by atoms with Crippen molar-refractivity contribution in [3.8, 4) is 0 Å². The molecule has 0 fully saturated rings. The van der Waals surface area contributed by atoms with Gasteiger partial charge >= 0.3 is 5.97 Å². The quantitative estimate of drug-likeness (QED) is 0.197. The minimum Gasteiger partial charge on any atom is -0.481 e. The van der Waals surface area contributed by atoms with Gasteiger partial charge in [-0.25, -0.2) is 4.99 Å². The van der Waals surface area contributed by atoms with Gasteiger partial charge < -0.3 is 32.5 Å². The monoisotopic (exact) mass is 454 g/mol. The summed E-state index contributed by atoms with van der Waals surface area (Å²) in [6, 6.07) is 14.2. The summed E-state index contributed by atoms with van der Waals surface area (Å²) in [6.07, 6.45) is -0.0489. The van der Waals surface area contributed by atoms with Gasteiger partial charge in [-0.05, 0) is 30.2 Å². The second-order valence-corrected chi connectivity index (χ2v) is 7.01. The second-order valence-electron chi connectivity index (χ2n) is 7.01. The molecule has 0 saturated carbocycles. The maximum Gasteiger partial charge on any atom is 0.305 e. The Morgan fingerprint density at radius 2 is 1.70 bits per heavy atom. The lowest BCUT2D eigenvalue weighted by Crippen LogP contribution is -2.50. The second kappa shape index (κ2) is 12.4. The zero-order valence-corrected chi connectivity index (χ0v) is 17.8. The van der Waals surface area contributed by atoms with Crippen LogP contribution in [0.1, 0.15) is 22.3 Å². The third kappa shape index (κ3) is 9.09. The van der Waals surface area contributed by atoms with E-state index in [9.17, 15) is 19.2 Å². The molecule has 0 bridgehead atoms. The molecule has 0 aliphatic carbocycles. The first kappa shape index (κ1) is 24.9. The molecule has 0 unspecified atom stereocenters. The molecular formula is C22H26N6O5. The summed E-state index contributed by atoms with van der Waals surface area (Å²) in [7, 11) is 0. The Morgan fingerprint density at radius 1 is 0.970 bits per heavy atom. The van der Waals surface area contributed by atoms with Crippen LogP contribution in [0.4, 0.5) is 5.69 Å². The van der Waals surface area contributed by atoms with Crippen LogP contribution in [0.5, 0.6) is 0 Å². The van der Waals surface area contributed by atoms with E-state index in [2.05, 4.69) is 20.9 Å². The summed E-state index contributed by atoms with van der Waals surface area (Å²) in [4.78, 5) is 51.9. The molecule has 174 valence electrons. The average molecular weight is 454 g/mol. The van der Waals surface area contributed by atoms with E-state index >= 15 is 0 Å². The summed E-state index contributed by atoms with van der Waals surface area (Å²) in [5.41, 5.74) is 12.2. The number of guanidine groups is 1. The van der Waals surface area contributed by atoms with Gasteiger partial charge in [0.15, 0.2) is 5.96 Å².